The van der Waals surface area contributed by atoms with Crippen LogP contribution in [0.5, 0.6) is 0 Å². The number of thiophene rings is 2. The first-order chi connectivity index (χ1) is 30.7. The van der Waals surface area contributed by atoms with Crippen LogP contribution in [0.3, 0.4) is 0 Å². The van der Waals surface area contributed by atoms with E-state index in [0.29, 0.717) is 0 Å². The summed E-state index contributed by atoms with van der Waals surface area (Å²) in [6.07, 6.45) is 47.3. The Morgan fingerprint density at radius 2 is 0.661 bits per heavy atom. The van der Waals surface area contributed by atoms with E-state index < -0.39 is 0 Å². The number of rotatable bonds is 38. The fourth-order valence-electron chi connectivity index (χ4n) is 10.0. The predicted molar refractivity (Wildman–Crippen MR) is 284 cm³/mol. The first-order valence-electron chi connectivity index (χ1n) is 26.4. The molecule has 0 spiro atoms. The highest BCUT2D eigenvalue weighted by atomic mass is 32.1. The third-order valence-electron chi connectivity index (χ3n) is 13.8. The summed E-state index contributed by atoms with van der Waals surface area (Å²) >= 11 is 7.52. The second-order valence-corrected chi connectivity index (χ2v) is 22.8. The molecule has 6 heteroatoms. The van der Waals surface area contributed by atoms with Crippen LogP contribution in [0.2, 0.25) is 0 Å². The van der Waals surface area contributed by atoms with E-state index in [0.717, 1.165) is 11.8 Å². The maximum Gasteiger partial charge on any atom is 0.0921 e. The molecule has 0 amide bonds. The van der Waals surface area contributed by atoms with Gasteiger partial charge in [0.05, 0.1) is 31.5 Å². The molecule has 0 bridgehead atoms. The standard InChI is InChI=1S/C56H88N2S4/c1-5-9-13-17-21-23-27-31-35-45(33-29-25-19-15-11-7-3)37-47-39-49(59-41-47)51-53-56(62-43-57-53)52(54-55(51)61-44-58-54)50-40-48(42-60-50)38-46(34-30-26-20-16-12-8-4)36-32-28-24-22-18-14-10-6-2/h39-46H,5-38H2,1-4H3. The van der Waals surface area contributed by atoms with Crippen LogP contribution in [0.15, 0.2) is 33.9 Å². The molecular formula is C56H88N2S4. The Bertz CT molecular complexity index is 1680. The van der Waals surface area contributed by atoms with Crippen LogP contribution < -0.4 is 0 Å². The summed E-state index contributed by atoms with van der Waals surface area (Å²) < 4.78 is 2.64. The number of hydrogen-bond acceptors (Lipinski definition) is 6. The van der Waals surface area contributed by atoms with Crippen molar-refractivity contribution < 1.29 is 0 Å². The second-order valence-electron chi connectivity index (χ2n) is 19.2. The van der Waals surface area contributed by atoms with Gasteiger partial charge in [0, 0.05) is 20.9 Å². The molecule has 0 aliphatic carbocycles. The van der Waals surface area contributed by atoms with E-state index in [1.807, 2.05) is 45.3 Å². The zero-order valence-corrected chi connectivity index (χ0v) is 43.5. The number of thiazole rings is 2. The third-order valence-corrected chi connectivity index (χ3v) is 17.5. The van der Waals surface area contributed by atoms with Crippen molar-refractivity contribution in [3.63, 3.8) is 0 Å². The molecule has 5 aromatic rings. The molecule has 0 saturated carbocycles. The molecule has 62 heavy (non-hydrogen) atoms. The van der Waals surface area contributed by atoms with E-state index >= 15 is 0 Å². The molecule has 1 aromatic carbocycles. The van der Waals surface area contributed by atoms with E-state index in [9.17, 15) is 0 Å². The monoisotopic (exact) mass is 917 g/mol. The number of unbranched alkanes of at least 4 members (excludes halogenated alkanes) is 24. The number of aromatic nitrogens is 2. The highest BCUT2D eigenvalue weighted by Crippen LogP contribution is 2.48. The molecule has 5 rings (SSSR count). The van der Waals surface area contributed by atoms with Crippen molar-refractivity contribution in [2.24, 2.45) is 11.8 Å². The van der Waals surface area contributed by atoms with Crippen LogP contribution >= 0.6 is 45.3 Å². The maximum absolute atomic E-state index is 5.13. The summed E-state index contributed by atoms with van der Waals surface area (Å²) in [6, 6.07) is 5.08. The van der Waals surface area contributed by atoms with Crippen LogP contribution in [0.4, 0.5) is 0 Å². The summed E-state index contributed by atoms with van der Waals surface area (Å²) in [4.78, 5) is 13.0. The predicted octanol–water partition coefficient (Wildman–Crippen LogP) is 21.2. The van der Waals surface area contributed by atoms with Gasteiger partial charge in [-0.2, -0.15) is 0 Å². The fourth-order valence-corrected chi connectivity index (χ4v) is 13.8. The topological polar surface area (TPSA) is 25.8 Å². The molecule has 0 aliphatic rings. The first kappa shape index (κ1) is 51.4. The number of hydrogen-bond donors (Lipinski definition) is 0. The minimum Gasteiger partial charge on any atom is -0.244 e. The molecular weight excluding hydrogens is 829 g/mol. The SMILES string of the molecule is CCCCCCCCCCC(CCCCCCCC)Cc1csc(-c2c3ncsc3c(-c3cc(CC(CCCCCCCC)CCCCCCCCCC)cs3)c3ncsc23)c1. The fraction of sp³-hybridized carbons (Fsp3) is 0.714. The minimum absolute atomic E-state index is 0.799. The van der Waals surface area contributed by atoms with E-state index in [4.69, 9.17) is 9.97 Å². The van der Waals surface area contributed by atoms with E-state index in [1.54, 1.807) is 0 Å². The third kappa shape index (κ3) is 17.7. The normalized spacial score (nSPS) is 13.0. The quantitative estimate of drug-likeness (QED) is 0.0369. The Morgan fingerprint density at radius 3 is 0.968 bits per heavy atom. The van der Waals surface area contributed by atoms with Gasteiger partial charge in [-0.15, -0.1) is 45.3 Å². The Kier molecular flexibility index (Phi) is 26.0. The average Bonchev–Trinajstić information content (AvgIpc) is 4.13. The smallest absolute Gasteiger partial charge is 0.0921 e. The zero-order valence-electron chi connectivity index (χ0n) is 40.2. The molecule has 2 nitrogen and oxygen atoms in total. The van der Waals surface area contributed by atoms with Crippen molar-refractivity contribution in [1.82, 2.24) is 9.97 Å². The summed E-state index contributed by atoms with van der Waals surface area (Å²) in [6.45, 7) is 9.29. The first-order valence-corrected chi connectivity index (χ1v) is 30.0. The van der Waals surface area contributed by atoms with Crippen molar-refractivity contribution in [3.8, 4) is 20.9 Å². The minimum atomic E-state index is 0.799. The lowest BCUT2D eigenvalue weighted by Crippen LogP contribution is -2.05. The molecule has 2 atom stereocenters. The van der Waals surface area contributed by atoms with E-state index in [-0.39, 0.29) is 0 Å². The van der Waals surface area contributed by atoms with Crippen molar-refractivity contribution in [2.75, 3.05) is 0 Å². The van der Waals surface area contributed by atoms with E-state index in [1.165, 1.54) is 271 Å². The number of benzene rings is 1. The van der Waals surface area contributed by atoms with Crippen molar-refractivity contribution in [2.45, 2.75) is 246 Å². The lowest BCUT2D eigenvalue weighted by Gasteiger charge is -2.16. The van der Waals surface area contributed by atoms with Crippen LogP contribution in [0.25, 0.3) is 41.3 Å². The Hall–Kier alpha value is -1.60. The van der Waals surface area contributed by atoms with Gasteiger partial charge in [0.2, 0.25) is 0 Å². The molecule has 4 heterocycles. The molecule has 0 N–H and O–H groups in total. The maximum atomic E-state index is 5.13. The molecule has 0 fully saturated rings. The summed E-state index contributed by atoms with van der Waals surface area (Å²) in [5.74, 6) is 1.60. The van der Waals surface area contributed by atoms with Crippen molar-refractivity contribution in [3.05, 3.63) is 45.0 Å². The Balaban J connectivity index is 1.26. The second kappa shape index (κ2) is 31.3. The van der Waals surface area contributed by atoms with Gasteiger partial charge in [0.1, 0.15) is 0 Å². The van der Waals surface area contributed by atoms with Gasteiger partial charge < -0.3 is 0 Å². The highest BCUT2D eigenvalue weighted by molar-refractivity contribution is 7.21. The molecule has 0 radical (unpaired) electrons. The molecule has 346 valence electrons. The van der Waals surface area contributed by atoms with Gasteiger partial charge in [-0.25, -0.2) is 9.97 Å². The average molecular weight is 918 g/mol. The van der Waals surface area contributed by atoms with Gasteiger partial charge in [0.25, 0.3) is 0 Å². The zero-order chi connectivity index (χ0) is 43.5. The van der Waals surface area contributed by atoms with Gasteiger partial charge in [-0.1, -0.05) is 233 Å². The number of nitrogens with zero attached hydrogens (tertiary/aromatic N) is 2. The Labute approximate surface area is 397 Å². The molecule has 4 aromatic heterocycles. The Morgan fingerprint density at radius 1 is 0.371 bits per heavy atom. The van der Waals surface area contributed by atoms with Crippen LogP contribution in [-0.2, 0) is 12.8 Å². The van der Waals surface area contributed by atoms with Crippen molar-refractivity contribution in [1.29, 1.82) is 0 Å². The van der Waals surface area contributed by atoms with Crippen molar-refractivity contribution >= 4 is 65.8 Å². The molecule has 0 saturated heterocycles. The largest absolute Gasteiger partial charge is 0.244 e. The lowest BCUT2D eigenvalue weighted by molar-refractivity contribution is 0.400. The summed E-state index contributed by atoms with van der Waals surface area (Å²) in [5.41, 5.74) is 12.3. The molecule has 2 unspecified atom stereocenters. The van der Waals surface area contributed by atoms with Crippen LogP contribution in [0, 0.1) is 11.8 Å². The summed E-state index contributed by atoms with van der Waals surface area (Å²) in [5, 5.41) is 4.97. The highest BCUT2D eigenvalue weighted by Gasteiger charge is 2.24. The van der Waals surface area contributed by atoms with Gasteiger partial charge in [-0.05, 0) is 58.7 Å². The van der Waals surface area contributed by atoms with Gasteiger partial charge >= 0.3 is 0 Å². The van der Waals surface area contributed by atoms with E-state index in [2.05, 4.69) is 61.6 Å². The number of fused-ring (bicyclic) bond motifs is 2. The van der Waals surface area contributed by atoms with Crippen LogP contribution in [0.1, 0.15) is 244 Å². The van der Waals surface area contributed by atoms with Gasteiger partial charge in [-0.3, -0.25) is 0 Å². The van der Waals surface area contributed by atoms with Gasteiger partial charge in [0.15, 0.2) is 0 Å². The lowest BCUT2D eigenvalue weighted by atomic mass is 9.89. The summed E-state index contributed by atoms with van der Waals surface area (Å²) in [7, 11) is 0. The molecule has 0 aliphatic heterocycles. The van der Waals surface area contributed by atoms with Crippen LogP contribution in [-0.4, -0.2) is 9.97 Å².